The minimum absolute atomic E-state index is 0.609. The number of nitrogens with zero attached hydrogens (tertiary/aromatic N) is 1. The van der Waals surface area contributed by atoms with Crippen LogP contribution in [0.4, 0.5) is 0 Å². The summed E-state index contributed by atoms with van der Waals surface area (Å²) in [4.78, 5) is 0. The van der Waals surface area contributed by atoms with E-state index in [2.05, 4.69) is 0 Å². The molecule has 0 saturated heterocycles. The second kappa shape index (κ2) is 5.70. The van der Waals surface area contributed by atoms with Gasteiger partial charge in [0.25, 0.3) is 0 Å². The quantitative estimate of drug-likeness (QED) is 0.435. The number of ether oxygens (including phenoxy) is 2. The summed E-state index contributed by atoms with van der Waals surface area (Å²) < 4.78 is 11.5. The molecule has 4 heteroatoms. The van der Waals surface area contributed by atoms with Crippen molar-refractivity contribution in [2.75, 3.05) is 20.3 Å². The minimum atomic E-state index is 0.609. The van der Waals surface area contributed by atoms with Crippen molar-refractivity contribution in [2.24, 2.45) is 0 Å². The van der Waals surface area contributed by atoms with Gasteiger partial charge in [-0.05, 0) is 13.8 Å². The lowest BCUT2D eigenvalue weighted by molar-refractivity contribution is -0.613. The summed E-state index contributed by atoms with van der Waals surface area (Å²) in [5, 5.41) is 11.4. The molecule has 0 atom stereocenters. The Morgan fingerprint density at radius 2 is 1.94 bits per heavy atom. The Bertz CT molecular complexity index is 364. The van der Waals surface area contributed by atoms with Gasteiger partial charge in [0.2, 0.25) is 0 Å². The lowest BCUT2D eigenvalue weighted by atomic mass is 10.1. The first-order valence-electron chi connectivity index (χ1n) is 5.39. The van der Waals surface area contributed by atoms with Crippen LogP contribution in [0, 0.1) is 26.0 Å². The van der Waals surface area contributed by atoms with Crippen LogP contribution in [-0.4, -0.2) is 20.3 Å². The van der Waals surface area contributed by atoms with Crippen LogP contribution in [0.15, 0.2) is 6.20 Å². The largest absolute Gasteiger partial charge is 0.618 e. The molecule has 16 heavy (non-hydrogen) atoms. The molecule has 0 spiro atoms. The Morgan fingerprint density at radius 3 is 2.56 bits per heavy atom. The van der Waals surface area contributed by atoms with Crippen molar-refractivity contribution in [3.63, 3.8) is 0 Å². The van der Waals surface area contributed by atoms with Crippen molar-refractivity contribution in [1.29, 1.82) is 0 Å². The van der Waals surface area contributed by atoms with Gasteiger partial charge in [0.15, 0.2) is 11.9 Å². The standard InChI is InChI=1S/C12H19NO3/c1-9-8-13(14)11(3)10(2)12(9)16-7-5-6-15-4/h8H,5-7H2,1-4H3. The van der Waals surface area contributed by atoms with Crippen molar-refractivity contribution >= 4 is 0 Å². The van der Waals surface area contributed by atoms with Gasteiger partial charge in [-0.3, -0.25) is 0 Å². The molecule has 0 saturated carbocycles. The molecular weight excluding hydrogens is 206 g/mol. The third kappa shape index (κ3) is 2.85. The number of aryl methyl sites for hydroxylation is 1. The molecule has 0 aliphatic rings. The van der Waals surface area contributed by atoms with Gasteiger partial charge in [-0.25, -0.2) is 0 Å². The van der Waals surface area contributed by atoms with E-state index in [1.165, 1.54) is 0 Å². The molecule has 1 heterocycles. The summed E-state index contributed by atoms with van der Waals surface area (Å²) in [6.45, 7) is 6.88. The van der Waals surface area contributed by atoms with Crippen molar-refractivity contribution in [1.82, 2.24) is 0 Å². The van der Waals surface area contributed by atoms with Gasteiger partial charge in [0.05, 0.1) is 17.7 Å². The van der Waals surface area contributed by atoms with E-state index >= 15 is 0 Å². The van der Waals surface area contributed by atoms with Gasteiger partial charge in [-0.2, -0.15) is 4.73 Å². The normalized spacial score (nSPS) is 10.5. The van der Waals surface area contributed by atoms with Crippen LogP contribution in [0.3, 0.4) is 0 Å². The van der Waals surface area contributed by atoms with Crippen LogP contribution in [0.2, 0.25) is 0 Å². The van der Waals surface area contributed by atoms with Gasteiger partial charge < -0.3 is 14.7 Å². The topological polar surface area (TPSA) is 45.4 Å². The van der Waals surface area contributed by atoms with E-state index in [9.17, 15) is 5.21 Å². The van der Waals surface area contributed by atoms with Gasteiger partial charge >= 0.3 is 0 Å². The molecule has 0 amide bonds. The van der Waals surface area contributed by atoms with Crippen molar-refractivity contribution in [2.45, 2.75) is 27.2 Å². The summed E-state index contributed by atoms with van der Waals surface area (Å²) >= 11 is 0. The Morgan fingerprint density at radius 1 is 1.25 bits per heavy atom. The molecule has 1 aromatic rings. The monoisotopic (exact) mass is 225 g/mol. The van der Waals surface area contributed by atoms with Crippen LogP contribution in [0.5, 0.6) is 5.75 Å². The molecule has 4 nitrogen and oxygen atoms in total. The van der Waals surface area contributed by atoms with Crippen molar-refractivity contribution in [3.05, 3.63) is 28.2 Å². The molecular formula is C12H19NO3. The number of hydrogen-bond acceptors (Lipinski definition) is 3. The SMILES string of the molecule is COCCCOc1c(C)c[n+]([O-])c(C)c1C. The van der Waals surface area contributed by atoms with E-state index in [-0.39, 0.29) is 0 Å². The maximum absolute atomic E-state index is 11.4. The lowest BCUT2D eigenvalue weighted by Gasteiger charge is -2.13. The Labute approximate surface area is 96.4 Å². The zero-order chi connectivity index (χ0) is 12.1. The first-order chi connectivity index (χ1) is 7.57. The molecule has 1 aromatic heterocycles. The van der Waals surface area contributed by atoms with Crippen molar-refractivity contribution < 1.29 is 14.2 Å². The molecule has 90 valence electrons. The highest BCUT2D eigenvalue weighted by molar-refractivity contribution is 5.38. The number of rotatable bonds is 5. The molecule has 0 fully saturated rings. The Hall–Kier alpha value is -1.29. The fourth-order valence-corrected chi connectivity index (χ4v) is 1.56. The number of hydrogen-bond donors (Lipinski definition) is 0. The Balaban J connectivity index is 2.76. The highest BCUT2D eigenvalue weighted by Crippen LogP contribution is 2.23. The van der Waals surface area contributed by atoms with E-state index < -0.39 is 0 Å². The summed E-state index contributed by atoms with van der Waals surface area (Å²) in [6.07, 6.45) is 2.40. The van der Waals surface area contributed by atoms with E-state index in [0.29, 0.717) is 18.9 Å². The van der Waals surface area contributed by atoms with Gasteiger partial charge in [-0.1, -0.05) is 0 Å². The first-order valence-corrected chi connectivity index (χ1v) is 5.39. The fraction of sp³-hybridized carbons (Fsp3) is 0.583. The summed E-state index contributed by atoms with van der Waals surface area (Å²) in [5.74, 6) is 0.820. The third-order valence-corrected chi connectivity index (χ3v) is 2.62. The van der Waals surface area contributed by atoms with E-state index in [1.54, 1.807) is 20.2 Å². The highest BCUT2D eigenvalue weighted by Gasteiger charge is 2.14. The van der Waals surface area contributed by atoms with Crippen LogP contribution >= 0.6 is 0 Å². The summed E-state index contributed by atoms with van der Waals surface area (Å²) in [6, 6.07) is 0. The van der Waals surface area contributed by atoms with Crippen LogP contribution in [0.25, 0.3) is 0 Å². The zero-order valence-electron chi connectivity index (χ0n) is 10.4. The molecule has 1 rings (SSSR count). The van der Waals surface area contributed by atoms with Crippen LogP contribution in [0.1, 0.15) is 23.2 Å². The number of pyridine rings is 1. The Kier molecular flexibility index (Phi) is 4.55. The maximum atomic E-state index is 11.4. The average molecular weight is 225 g/mol. The van der Waals surface area contributed by atoms with Crippen LogP contribution in [-0.2, 0) is 4.74 Å². The molecule has 0 bridgehead atoms. The van der Waals surface area contributed by atoms with Gasteiger partial charge in [0.1, 0.15) is 5.75 Å². The van der Waals surface area contributed by atoms with Gasteiger partial charge in [0, 0.05) is 27.1 Å². The smallest absolute Gasteiger partial charge is 0.196 e. The zero-order valence-corrected chi connectivity index (χ0v) is 10.4. The van der Waals surface area contributed by atoms with E-state index in [0.717, 1.165) is 28.0 Å². The first kappa shape index (κ1) is 12.8. The summed E-state index contributed by atoms with van der Waals surface area (Å²) in [7, 11) is 1.67. The second-order valence-electron chi connectivity index (χ2n) is 3.87. The van der Waals surface area contributed by atoms with Crippen molar-refractivity contribution in [3.8, 4) is 5.75 Å². The molecule has 0 radical (unpaired) electrons. The highest BCUT2D eigenvalue weighted by atomic mass is 16.5. The molecule has 0 aromatic carbocycles. The second-order valence-corrected chi connectivity index (χ2v) is 3.87. The predicted molar refractivity (Wildman–Crippen MR) is 61.6 cm³/mol. The predicted octanol–water partition coefficient (Wildman–Crippen LogP) is 1.66. The lowest BCUT2D eigenvalue weighted by Crippen LogP contribution is -2.31. The van der Waals surface area contributed by atoms with Gasteiger partial charge in [-0.15, -0.1) is 0 Å². The van der Waals surface area contributed by atoms with E-state index in [1.807, 2.05) is 13.8 Å². The van der Waals surface area contributed by atoms with Crippen LogP contribution < -0.4 is 9.47 Å². The third-order valence-electron chi connectivity index (χ3n) is 2.62. The minimum Gasteiger partial charge on any atom is -0.618 e. The number of methoxy groups -OCH3 is 1. The number of aromatic nitrogens is 1. The summed E-state index contributed by atoms with van der Waals surface area (Å²) in [5.41, 5.74) is 2.47. The van der Waals surface area contributed by atoms with E-state index in [4.69, 9.17) is 9.47 Å². The molecule has 0 unspecified atom stereocenters. The molecule has 0 N–H and O–H groups in total. The molecule has 0 aliphatic heterocycles. The average Bonchev–Trinajstić information content (AvgIpc) is 2.25. The molecule has 0 aliphatic carbocycles. The fourth-order valence-electron chi connectivity index (χ4n) is 1.56. The maximum Gasteiger partial charge on any atom is 0.196 e.